The van der Waals surface area contributed by atoms with E-state index >= 15 is 0 Å². The van der Waals surface area contributed by atoms with Gasteiger partial charge in [0.15, 0.2) is 24.6 Å². The summed E-state index contributed by atoms with van der Waals surface area (Å²) < 4.78 is 20.1. The molecular formula is C12H18O8. The van der Waals surface area contributed by atoms with Crippen molar-refractivity contribution in [1.82, 2.24) is 0 Å². The number of ether oxygens (including phenoxy) is 4. The topological polar surface area (TPSA) is 108 Å². The maximum absolute atomic E-state index is 11.2. The van der Waals surface area contributed by atoms with Crippen LogP contribution in [0.2, 0.25) is 0 Å². The summed E-state index contributed by atoms with van der Waals surface area (Å²) in [5.41, 5.74) is 0. The molecule has 0 aromatic carbocycles. The Morgan fingerprint density at radius 2 is 1.25 bits per heavy atom. The first-order valence-corrected chi connectivity index (χ1v) is 6.07. The zero-order valence-electron chi connectivity index (χ0n) is 11.7. The fourth-order valence-electron chi connectivity index (χ4n) is 1.99. The van der Waals surface area contributed by atoms with Crippen molar-refractivity contribution in [1.29, 1.82) is 0 Å². The van der Waals surface area contributed by atoms with E-state index in [-0.39, 0.29) is 0 Å². The van der Waals surface area contributed by atoms with E-state index in [1.165, 1.54) is 13.8 Å². The Hall–Kier alpha value is -1.67. The molecule has 0 bridgehead atoms. The number of carbonyl (C=O) groups is 3. The Morgan fingerprint density at radius 3 is 1.70 bits per heavy atom. The van der Waals surface area contributed by atoms with Crippen molar-refractivity contribution in [2.45, 2.75) is 58.4 Å². The fourth-order valence-corrected chi connectivity index (χ4v) is 1.99. The van der Waals surface area contributed by atoms with E-state index < -0.39 is 48.6 Å². The molecule has 0 saturated carbocycles. The quantitative estimate of drug-likeness (QED) is 0.548. The third kappa shape index (κ3) is 4.17. The van der Waals surface area contributed by atoms with Crippen LogP contribution in [0, 0.1) is 0 Å². The number of aliphatic hydroxyl groups is 1. The van der Waals surface area contributed by atoms with Crippen LogP contribution in [0.25, 0.3) is 0 Å². The second kappa shape index (κ2) is 6.67. The lowest BCUT2D eigenvalue weighted by Gasteiger charge is -2.41. The van der Waals surface area contributed by atoms with E-state index in [0.29, 0.717) is 0 Å². The van der Waals surface area contributed by atoms with Gasteiger partial charge in [-0.25, -0.2) is 0 Å². The standard InChI is InChI=1S/C12H18O8/c1-5-9(18-6(2)13)10(19-7(3)14)11(12(16)17-5)20-8(4)15/h5,9-12,16H,1-4H3/t5?,9-,10?,11?,12-/m0/s1. The summed E-state index contributed by atoms with van der Waals surface area (Å²) >= 11 is 0. The van der Waals surface area contributed by atoms with Gasteiger partial charge >= 0.3 is 17.9 Å². The van der Waals surface area contributed by atoms with Crippen LogP contribution in [-0.2, 0) is 33.3 Å². The molecule has 0 spiro atoms. The Bertz CT molecular complexity index is 365. The van der Waals surface area contributed by atoms with Crippen molar-refractivity contribution >= 4 is 17.9 Å². The molecule has 114 valence electrons. The molecule has 1 rings (SSSR count). The second-order valence-electron chi connectivity index (χ2n) is 4.45. The normalized spacial score (nSPS) is 33.1. The van der Waals surface area contributed by atoms with Gasteiger partial charge in [-0.05, 0) is 6.92 Å². The van der Waals surface area contributed by atoms with Crippen molar-refractivity contribution in [2.75, 3.05) is 0 Å². The molecule has 1 fully saturated rings. The van der Waals surface area contributed by atoms with Crippen LogP contribution < -0.4 is 0 Å². The van der Waals surface area contributed by atoms with E-state index in [1.54, 1.807) is 0 Å². The minimum atomic E-state index is -1.48. The number of rotatable bonds is 3. The van der Waals surface area contributed by atoms with Crippen molar-refractivity contribution < 1.29 is 38.4 Å². The first kappa shape index (κ1) is 16.4. The van der Waals surface area contributed by atoms with Gasteiger partial charge in [0.25, 0.3) is 0 Å². The molecule has 0 radical (unpaired) electrons. The minimum Gasteiger partial charge on any atom is -0.456 e. The van der Waals surface area contributed by atoms with Crippen LogP contribution in [0.15, 0.2) is 0 Å². The van der Waals surface area contributed by atoms with E-state index in [1.807, 2.05) is 0 Å². The minimum absolute atomic E-state index is 0.611. The van der Waals surface area contributed by atoms with Gasteiger partial charge < -0.3 is 24.1 Å². The Balaban J connectivity index is 3.01. The number of aliphatic hydroxyl groups excluding tert-OH is 1. The zero-order valence-corrected chi connectivity index (χ0v) is 11.7. The van der Waals surface area contributed by atoms with Gasteiger partial charge in [-0.1, -0.05) is 0 Å². The van der Waals surface area contributed by atoms with Gasteiger partial charge in [-0.15, -0.1) is 0 Å². The average Bonchev–Trinajstić information content (AvgIpc) is 2.27. The van der Waals surface area contributed by atoms with Crippen LogP contribution in [0.4, 0.5) is 0 Å². The lowest BCUT2D eigenvalue weighted by Crippen LogP contribution is -2.60. The molecule has 5 atom stereocenters. The molecule has 8 nitrogen and oxygen atoms in total. The molecular weight excluding hydrogens is 272 g/mol. The first-order chi connectivity index (χ1) is 9.22. The lowest BCUT2D eigenvalue weighted by molar-refractivity contribution is -0.288. The van der Waals surface area contributed by atoms with Crippen LogP contribution in [0.3, 0.4) is 0 Å². The van der Waals surface area contributed by atoms with Gasteiger partial charge in [-0.2, -0.15) is 0 Å². The number of hydrogen-bond acceptors (Lipinski definition) is 8. The highest BCUT2D eigenvalue weighted by molar-refractivity contribution is 5.68. The fraction of sp³-hybridized carbons (Fsp3) is 0.750. The van der Waals surface area contributed by atoms with Crippen molar-refractivity contribution in [2.24, 2.45) is 0 Å². The number of hydrogen-bond donors (Lipinski definition) is 1. The van der Waals surface area contributed by atoms with Crippen LogP contribution in [0.1, 0.15) is 27.7 Å². The summed E-state index contributed by atoms with van der Waals surface area (Å²) in [6.07, 6.45) is -5.60. The molecule has 1 heterocycles. The summed E-state index contributed by atoms with van der Waals surface area (Å²) in [6.45, 7) is 5.01. The van der Waals surface area contributed by atoms with E-state index in [0.717, 1.165) is 13.8 Å². The lowest BCUT2D eigenvalue weighted by atomic mass is 9.99. The van der Waals surface area contributed by atoms with Gasteiger partial charge in [0.2, 0.25) is 0 Å². The summed E-state index contributed by atoms with van der Waals surface area (Å²) in [5.74, 6) is -1.96. The summed E-state index contributed by atoms with van der Waals surface area (Å²) in [4.78, 5) is 33.3. The second-order valence-corrected chi connectivity index (χ2v) is 4.45. The first-order valence-electron chi connectivity index (χ1n) is 6.07. The average molecular weight is 290 g/mol. The molecule has 0 aromatic rings. The predicted molar refractivity (Wildman–Crippen MR) is 63.2 cm³/mol. The monoisotopic (exact) mass is 290 g/mol. The largest absolute Gasteiger partial charge is 0.456 e. The van der Waals surface area contributed by atoms with Crippen molar-refractivity contribution in [3.63, 3.8) is 0 Å². The Morgan fingerprint density at radius 1 is 0.850 bits per heavy atom. The molecule has 1 saturated heterocycles. The third-order valence-corrected chi connectivity index (χ3v) is 2.65. The molecule has 0 amide bonds. The van der Waals surface area contributed by atoms with E-state index in [2.05, 4.69) is 0 Å². The zero-order chi connectivity index (χ0) is 15.4. The van der Waals surface area contributed by atoms with Gasteiger partial charge in [0.05, 0.1) is 6.10 Å². The molecule has 20 heavy (non-hydrogen) atoms. The maximum atomic E-state index is 11.2. The highest BCUT2D eigenvalue weighted by Gasteiger charge is 2.49. The Labute approximate surface area is 115 Å². The number of carbonyl (C=O) groups excluding carboxylic acids is 3. The smallest absolute Gasteiger partial charge is 0.303 e. The van der Waals surface area contributed by atoms with Gasteiger partial charge in [0, 0.05) is 20.8 Å². The predicted octanol–water partition coefficient (Wildman–Crippen LogP) is -0.481. The van der Waals surface area contributed by atoms with Crippen LogP contribution >= 0.6 is 0 Å². The van der Waals surface area contributed by atoms with Crippen LogP contribution in [0.5, 0.6) is 0 Å². The highest BCUT2D eigenvalue weighted by atomic mass is 16.7. The molecule has 1 aliphatic heterocycles. The van der Waals surface area contributed by atoms with Crippen molar-refractivity contribution in [3.8, 4) is 0 Å². The summed E-state index contributed by atoms with van der Waals surface area (Å²) in [6, 6.07) is 0. The van der Waals surface area contributed by atoms with Crippen LogP contribution in [-0.4, -0.2) is 53.7 Å². The molecule has 1 aliphatic rings. The summed E-state index contributed by atoms with van der Waals surface area (Å²) in [5, 5.41) is 9.79. The third-order valence-electron chi connectivity index (χ3n) is 2.65. The molecule has 1 N–H and O–H groups in total. The van der Waals surface area contributed by atoms with Gasteiger partial charge in [0.1, 0.15) is 0 Å². The molecule has 0 aromatic heterocycles. The maximum Gasteiger partial charge on any atom is 0.303 e. The van der Waals surface area contributed by atoms with Gasteiger partial charge in [-0.3, -0.25) is 14.4 Å². The summed E-state index contributed by atoms with van der Waals surface area (Å²) in [7, 11) is 0. The van der Waals surface area contributed by atoms with Crippen molar-refractivity contribution in [3.05, 3.63) is 0 Å². The highest BCUT2D eigenvalue weighted by Crippen LogP contribution is 2.27. The molecule has 0 aliphatic carbocycles. The van der Waals surface area contributed by atoms with E-state index in [9.17, 15) is 19.5 Å². The Kier molecular flexibility index (Phi) is 5.46. The molecule has 8 heteroatoms. The molecule has 3 unspecified atom stereocenters. The van der Waals surface area contributed by atoms with E-state index in [4.69, 9.17) is 18.9 Å². The number of esters is 3. The SMILES string of the molecule is CC(=O)OC1C(OC(C)=O)[C@@H](O)OC(C)[C@@H]1OC(C)=O.